The highest BCUT2D eigenvalue weighted by atomic mass is 16.4. The number of rotatable bonds is 5. The first-order chi connectivity index (χ1) is 7.22. The van der Waals surface area contributed by atoms with Gasteiger partial charge in [0.05, 0.1) is 11.9 Å². The summed E-state index contributed by atoms with van der Waals surface area (Å²) < 4.78 is 1.73. The van der Waals surface area contributed by atoms with E-state index in [9.17, 15) is 4.79 Å². The molecule has 1 saturated carbocycles. The fourth-order valence-corrected chi connectivity index (χ4v) is 1.58. The Kier molecular flexibility index (Phi) is 2.73. The van der Waals surface area contributed by atoms with Crippen LogP contribution in [0.2, 0.25) is 0 Å². The molecule has 0 aromatic carbocycles. The smallest absolute Gasteiger partial charge is 0.339 e. The molecule has 5 heteroatoms. The summed E-state index contributed by atoms with van der Waals surface area (Å²) in [5.74, 6) is -0.901. The SMILES string of the molecule is CCn1ncc(C(=O)O)c1CNC1CC1. The molecule has 1 heterocycles. The van der Waals surface area contributed by atoms with E-state index in [4.69, 9.17) is 5.11 Å². The van der Waals surface area contributed by atoms with Crippen molar-refractivity contribution in [3.05, 3.63) is 17.5 Å². The van der Waals surface area contributed by atoms with Crippen LogP contribution in [0.5, 0.6) is 0 Å². The fraction of sp³-hybridized carbons (Fsp3) is 0.600. The van der Waals surface area contributed by atoms with E-state index in [-0.39, 0.29) is 0 Å². The van der Waals surface area contributed by atoms with Crippen molar-refractivity contribution in [2.45, 2.75) is 38.9 Å². The van der Waals surface area contributed by atoms with Crippen LogP contribution in [0.3, 0.4) is 0 Å². The van der Waals surface area contributed by atoms with Gasteiger partial charge in [-0.15, -0.1) is 0 Å². The maximum atomic E-state index is 10.9. The Morgan fingerprint density at radius 3 is 3.00 bits per heavy atom. The van der Waals surface area contributed by atoms with E-state index >= 15 is 0 Å². The first-order valence-corrected chi connectivity index (χ1v) is 5.23. The molecule has 2 rings (SSSR count). The molecule has 15 heavy (non-hydrogen) atoms. The first kappa shape index (κ1) is 10.2. The second-order valence-electron chi connectivity index (χ2n) is 3.78. The van der Waals surface area contributed by atoms with Gasteiger partial charge in [-0.2, -0.15) is 5.10 Å². The number of nitrogens with one attached hydrogen (secondary N) is 1. The molecule has 1 aliphatic rings. The molecular formula is C10H15N3O2. The number of carboxylic acids is 1. The lowest BCUT2D eigenvalue weighted by Crippen LogP contribution is -2.20. The summed E-state index contributed by atoms with van der Waals surface area (Å²) in [6.07, 6.45) is 3.82. The Bertz CT molecular complexity index is 369. The molecule has 0 amide bonds. The molecule has 0 unspecified atom stereocenters. The van der Waals surface area contributed by atoms with Gasteiger partial charge >= 0.3 is 5.97 Å². The van der Waals surface area contributed by atoms with E-state index in [0.717, 1.165) is 5.69 Å². The molecule has 1 aliphatic carbocycles. The topological polar surface area (TPSA) is 67.2 Å². The van der Waals surface area contributed by atoms with Gasteiger partial charge in [-0.25, -0.2) is 4.79 Å². The lowest BCUT2D eigenvalue weighted by Gasteiger charge is -2.06. The van der Waals surface area contributed by atoms with Crippen LogP contribution in [-0.2, 0) is 13.1 Å². The van der Waals surface area contributed by atoms with Crippen molar-refractivity contribution < 1.29 is 9.90 Å². The summed E-state index contributed by atoms with van der Waals surface area (Å²) in [6, 6.07) is 0.576. The molecule has 0 saturated heterocycles. The van der Waals surface area contributed by atoms with Crippen LogP contribution >= 0.6 is 0 Å². The van der Waals surface area contributed by atoms with Gasteiger partial charge in [-0.1, -0.05) is 0 Å². The van der Waals surface area contributed by atoms with Gasteiger partial charge < -0.3 is 10.4 Å². The molecule has 1 fully saturated rings. The second-order valence-corrected chi connectivity index (χ2v) is 3.78. The van der Waals surface area contributed by atoms with Crippen molar-refractivity contribution in [1.82, 2.24) is 15.1 Å². The molecule has 0 aliphatic heterocycles. The third-order valence-electron chi connectivity index (χ3n) is 2.61. The van der Waals surface area contributed by atoms with Crippen molar-refractivity contribution in [3.8, 4) is 0 Å². The number of hydrogen-bond donors (Lipinski definition) is 2. The van der Waals surface area contributed by atoms with Gasteiger partial charge in [0, 0.05) is 19.1 Å². The highest BCUT2D eigenvalue weighted by molar-refractivity contribution is 5.88. The van der Waals surface area contributed by atoms with Crippen LogP contribution < -0.4 is 5.32 Å². The van der Waals surface area contributed by atoms with Gasteiger partial charge in [-0.3, -0.25) is 4.68 Å². The molecule has 1 aromatic rings. The Balaban J connectivity index is 2.15. The van der Waals surface area contributed by atoms with Gasteiger partial charge in [0.25, 0.3) is 0 Å². The third kappa shape index (κ3) is 2.18. The summed E-state index contributed by atoms with van der Waals surface area (Å²) in [5.41, 5.74) is 1.09. The van der Waals surface area contributed by atoms with Crippen molar-refractivity contribution in [2.24, 2.45) is 0 Å². The average Bonchev–Trinajstić information content (AvgIpc) is 2.93. The molecule has 0 spiro atoms. The Labute approximate surface area is 88.1 Å². The number of aromatic carboxylic acids is 1. The van der Waals surface area contributed by atoms with Crippen LogP contribution in [0.25, 0.3) is 0 Å². The minimum absolute atomic E-state index is 0.310. The normalized spacial score (nSPS) is 15.5. The van der Waals surface area contributed by atoms with Crippen molar-refractivity contribution in [2.75, 3.05) is 0 Å². The lowest BCUT2D eigenvalue weighted by molar-refractivity contribution is 0.0695. The molecule has 2 N–H and O–H groups in total. The van der Waals surface area contributed by atoms with E-state index in [1.165, 1.54) is 19.0 Å². The zero-order chi connectivity index (χ0) is 10.8. The lowest BCUT2D eigenvalue weighted by atomic mass is 10.2. The predicted octanol–water partition coefficient (Wildman–Crippen LogP) is 0.853. The summed E-state index contributed by atoms with van der Waals surface area (Å²) >= 11 is 0. The monoisotopic (exact) mass is 209 g/mol. The Morgan fingerprint density at radius 2 is 2.47 bits per heavy atom. The number of nitrogens with zero attached hydrogens (tertiary/aromatic N) is 2. The van der Waals surface area contributed by atoms with E-state index in [1.807, 2.05) is 6.92 Å². The predicted molar refractivity (Wildman–Crippen MR) is 54.7 cm³/mol. The largest absolute Gasteiger partial charge is 0.478 e. The summed E-state index contributed by atoms with van der Waals surface area (Å²) in [6.45, 7) is 3.26. The number of hydrogen-bond acceptors (Lipinski definition) is 3. The number of aromatic nitrogens is 2. The number of carbonyl (C=O) groups is 1. The molecule has 82 valence electrons. The van der Waals surface area contributed by atoms with Crippen LogP contribution in [0.15, 0.2) is 6.20 Å². The molecule has 0 atom stereocenters. The van der Waals surface area contributed by atoms with E-state index in [2.05, 4.69) is 10.4 Å². The van der Waals surface area contributed by atoms with Gasteiger partial charge in [0.1, 0.15) is 5.56 Å². The van der Waals surface area contributed by atoms with Crippen molar-refractivity contribution in [3.63, 3.8) is 0 Å². The first-order valence-electron chi connectivity index (χ1n) is 5.23. The van der Waals surface area contributed by atoms with Crippen molar-refractivity contribution in [1.29, 1.82) is 0 Å². The maximum absolute atomic E-state index is 10.9. The maximum Gasteiger partial charge on any atom is 0.339 e. The molecule has 1 aromatic heterocycles. The van der Waals surface area contributed by atoms with E-state index < -0.39 is 5.97 Å². The standard InChI is InChI=1S/C10H15N3O2/c1-2-13-9(6-11-7-3-4-7)8(5-12-13)10(14)15/h5,7,11H,2-4,6H2,1H3,(H,14,15). The fourth-order valence-electron chi connectivity index (χ4n) is 1.58. The van der Waals surface area contributed by atoms with Gasteiger partial charge in [-0.05, 0) is 19.8 Å². The zero-order valence-electron chi connectivity index (χ0n) is 8.73. The molecular weight excluding hydrogens is 194 g/mol. The quantitative estimate of drug-likeness (QED) is 0.754. The number of aryl methyl sites for hydroxylation is 1. The van der Waals surface area contributed by atoms with Gasteiger partial charge in [0.15, 0.2) is 0 Å². The number of carboxylic acid groups (broad SMARTS) is 1. The summed E-state index contributed by atoms with van der Waals surface area (Å²) in [7, 11) is 0. The highest BCUT2D eigenvalue weighted by Crippen LogP contribution is 2.20. The van der Waals surface area contributed by atoms with Crippen LogP contribution in [0.1, 0.15) is 35.8 Å². The molecule has 0 bridgehead atoms. The summed E-state index contributed by atoms with van der Waals surface area (Å²) in [5, 5.41) is 16.3. The van der Waals surface area contributed by atoms with Crippen LogP contribution in [-0.4, -0.2) is 26.9 Å². The zero-order valence-corrected chi connectivity index (χ0v) is 8.73. The van der Waals surface area contributed by atoms with Crippen molar-refractivity contribution >= 4 is 5.97 Å². The molecule has 0 radical (unpaired) electrons. The minimum Gasteiger partial charge on any atom is -0.478 e. The highest BCUT2D eigenvalue weighted by Gasteiger charge is 2.22. The van der Waals surface area contributed by atoms with Crippen LogP contribution in [0, 0.1) is 0 Å². The van der Waals surface area contributed by atoms with Crippen LogP contribution in [0.4, 0.5) is 0 Å². The third-order valence-corrected chi connectivity index (χ3v) is 2.61. The minimum atomic E-state index is -0.901. The Morgan fingerprint density at radius 1 is 1.73 bits per heavy atom. The summed E-state index contributed by atoms with van der Waals surface area (Å²) in [4.78, 5) is 10.9. The van der Waals surface area contributed by atoms with E-state index in [0.29, 0.717) is 24.7 Å². The second kappa shape index (κ2) is 4.02. The molecule has 5 nitrogen and oxygen atoms in total. The average molecular weight is 209 g/mol. The van der Waals surface area contributed by atoms with E-state index in [1.54, 1.807) is 4.68 Å². The van der Waals surface area contributed by atoms with Gasteiger partial charge in [0.2, 0.25) is 0 Å². The Hall–Kier alpha value is -1.36.